The van der Waals surface area contributed by atoms with E-state index in [1.807, 2.05) is 20.8 Å². The minimum atomic E-state index is -2.16. The first-order valence-electron chi connectivity index (χ1n) is 9.37. The van der Waals surface area contributed by atoms with Gasteiger partial charge in [-0.3, -0.25) is 0 Å². The summed E-state index contributed by atoms with van der Waals surface area (Å²) in [5.41, 5.74) is -1.30. The van der Waals surface area contributed by atoms with Gasteiger partial charge >= 0.3 is 5.97 Å². The predicted molar refractivity (Wildman–Crippen MR) is 90.0 cm³/mol. The lowest BCUT2D eigenvalue weighted by Crippen LogP contribution is -2.24. The van der Waals surface area contributed by atoms with Crippen LogP contribution in [-0.4, -0.2) is 24.3 Å². The van der Waals surface area contributed by atoms with Crippen LogP contribution in [0.5, 0.6) is 0 Å². The molecule has 4 atom stereocenters. The highest BCUT2D eigenvalue weighted by Crippen LogP contribution is 2.47. The fourth-order valence-corrected chi connectivity index (χ4v) is 4.13. The quantitative estimate of drug-likeness (QED) is 0.288. The van der Waals surface area contributed by atoms with Gasteiger partial charge in [0.25, 0.3) is 0 Å². The van der Waals surface area contributed by atoms with Crippen molar-refractivity contribution in [3.63, 3.8) is 0 Å². The maximum Gasteiger partial charge on any atom is 0.348 e. The highest BCUT2D eigenvalue weighted by molar-refractivity contribution is 5.87. The Labute approximate surface area is 160 Å². The van der Waals surface area contributed by atoms with E-state index >= 15 is 0 Å². The summed E-state index contributed by atoms with van der Waals surface area (Å²) in [6.45, 7) is 5.53. The maximum atomic E-state index is 14.5. The van der Waals surface area contributed by atoms with Crippen molar-refractivity contribution in [2.24, 2.45) is 11.8 Å². The van der Waals surface area contributed by atoms with Gasteiger partial charge in [-0.05, 0) is 58.3 Å². The van der Waals surface area contributed by atoms with Crippen molar-refractivity contribution in [3.05, 3.63) is 34.6 Å². The summed E-state index contributed by atoms with van der Waals surface area (Å²) in [5, 5.41) is 0. The van der Waals surface area contributed by atoms with Gasteiger partial charge in [0.1, 0.15) is 0 Å². The second kappa shape index (κ2) is 7.61. The summed E-state index contributed by atoms with van der Waals surface area (Å²) in [4.78, 5) is 11.2. The zero-order chi connectivity index (χ0) is 20.8. The summed E-state index contributed by atoms with van der Waals surface area (Å²) in [7, 11) is 0. The molecule has 8 heteroatoms. The molecule has 0 spiro atoms. The lowest BCUT2D eigenvalue weighted by Gasteiger charge is -2.27. The molecule has 0 radical (unpaired) electrons. The number of rotatable bonds is 6. The molecule has 0 amide bonds. The van der Waals surface area contributed by atoms with Crippen LogP contribution in [0, 0.1) is 40.9 Å². The van der Waals surface area contributed by atoms with Gasteiger partial charge in [-0.15, -0.1) is 0 Å². The number of hydrogen-bond donors (Lipinski definition) is 0. The van der Waals surface area contributed by atoms with Crippen LogP contribution < -0.4 is 0 Å². The van der Waals surface area contributed by atoms with Gasteiger partial charge in [-0.1, -0.05) is 0 Å². The highest BCUT2D eigenvalue weighted by Gasteiger charge is 2.49. The molecule has 1 aliphatic heterocycles. The molecule has 0 aromatic heterocycles. The number of benzene rings is 1. The van der Waals surface area contributed by atoms with E-state index < -0.39 is 52.3 Å². The second-order valence-corrected chi connectivity index (χ2v) is 8.53. The molecule has 1 heterocycles. The van der Waals surface area contributed by atoms with Crippen LogP contribution in [0.15, 0.2) is 0 Å². The standard InChI is InChI=1S/C20H23F5O3/c1-20(2,3)27-7-6-11(9-4-5-10(8-9)18-19(26)28-18)12-13(21)15(23)17(25)16(24)14(12)22/h9-11,18H,4-8H2,1-3H3. The molecule has 1 saturated heterocycles. The molecular weight excluding hydrogens is 383 g/mol. The number of carbonyl (C=O) groups is 1. The number of cyclic esters (lactones) is 1. The SMILES string of the molecule is CC(C)(C)OCCC(c1c(F)c(F)c(F)c(F)c1F)C1CCC(C2OC2=O)C1. The van der Waals surface area contributed by atoms with E-state index in [9.17, 15) is 26.7 Å². The molecule has 3 rings (SSSR count). The topological polar surface area (TPSA) is 38.8 Å². The lowest BCUT2D eigenvalue weighted by atomic mass is 9.81. The smallest absolute Gasteiger partial charge is 0.348 e. The van der Waals surface area contributed by atoms with E-state index in [2.05, 4.69) is 0 Å². The number of ether oxygens (including phenoxy) is 2. The molecule has 2 fully saturated rings. The van der Waals surface area contributed by atoms with Gasteiger partial charge in [-0.25, -0.2) is 26.7 Å². The van der Waals surface area contributed by atoms with Crippen LogP contribution in [0.4, 0.5) is 22.0 Å². The van der Waals surface area contributed by atoms with Crippen molar-refractivity contribution in [3.8, 4) is 0 Å². The van der Waals surface area contributed by atoms with E-state index in [0.29, 0.717) is 19.3 Å². The van der Waals surface area contributed by atoms with Crippen LogP contribution in [0.1, 0.15) is 57.9 Å². The zero-order valence-corrected chi connectivity index (χ0v) is 16.0. The van der Waals surface area contributed by atoms with E-state index in [1.165, 1.54) is 0 Å². The number of carbonyl (C=O) groups excluding carboxylic acids is 1. The Morgan fingerprint density at radius 2 is 1.54 bits per heavy atom. The fourth-order valence-electron chi connectivity index (χ4n) is 4.13. The molecule has 156 valence electrons. The monoisotopic (exact) mass is 406 g/mol. The average Bonchev–Trinajstić information content (AvgIpc) is 3.15. The first-order valence-corrected chi connectivity index (χ1v) is 9.37. The minimum Gasteiger partial charge on any atom is -0.447 e. The first kappa shape index (κ1) is 21.0. The highest BCUT2D eigenvalue weighted by atomic mass is 19.2. The molecule has 3 nitrogen and oxygen atoms in total. The van der Waals surface area contributed by atoms with E-state index in [1.54, 1.807) is 0 Å². The minimum absolute atomic E-state index is 0.0928. The van der Waals surface area contributed by atoms with E-state index in [4.69, 9.17) is 9.47 Å². The van der Waals surface area contributed by atoms with E-state index in [0.717, 1.165) is 0 Å². The summed E-state index contributed by atoms with van der Waals surface area (Å²) >= 11 is 0. The Morgan fingerprint density at radius 1 is 1.00 bits per heavy atom. The summed E-state index contributed by atoms with van der Waals surface area (Å²) in [6.07, 6.45) is 1.14. The molecule has 4 unspecified atom stereocenters. The molecule has 1 aromatic rings. The van der Waals surface area contributed by atoms with Gasteiger partial charge in [0.05, 0.1) is 5.60 Å². The lowest BCUT2D eigenvalue weighted by molar-refractivity contribution is -0.117. The molecule has 1 aliphatic carbocycles. The molecule has 28 heavy (non-hydrogen) atoms. The Bertz CT molecular complexity index is 745. The van der Waals surface area contributed by atoms with Crippen molar-refractivity contribution in [1.29, 1.82) is 0 Å². The molecule has 2 aliphatic rings. The Kier molecular flexibility index (Phi) is 5.71. The van der Waals surface area contributed by atoms with Crippen LogP contribution >= 0.6 is 0 Å². The predicted octanol–water partition coefficient (Wildman–Crippen LogP) is 5.01. The molecule has 0 N–H and O–H groups in total. The third kappa shape index (κ3) is 4.16. The summed E-state index contributed by atoms with van der Waals surface area (Å²) in [6, 6.07) is 0. The molecule has 0 bridgehead atoms. The van der Waals surface area contributed by atoms with Gasteiger partial charge < -0.3 is 9.47 Å². The Morgan fingerprint density at radius 3 is 2.04 bits per heavy atom. The number of hydrogen-bond acceptors (Lipinski definition) is 3. The molecular formula is C20H23F5O3. The zero-order valence-electron chi connectivity index (χ0n) is 16.0. The van der Waals surface area contributed by atoms with Crippen LogP contribution in [0.2, 0.25) is 0 Å². The van der Waals surface area contributed by atoms with Gasteiger partial charge in [0, 0.05) is 18.1 Å². The summed E-state index contributed by atoms with van der Waals surface area (Å²) < 4.78 is 80.4. The van der Waals surface area contributed by atoms with Crippen LogP contribution in [-0.2, 0) is 14.3 Å². The number of halogens is 5. The Hall–Kier alpha value is -1.70. The van der Waals surface area contributed by atoms with Crippen LogP contribution in [0.25, 0.3) is 0 Å². The average molecular weight is 406 g/mol. The van der Waals surface area contributed by atoms with Crippen molar-refractivity contribution in [1.82, 2.24) is 0 Å². The molecule has 1 saturated carbocycles. The van der Waals surface area contributed by atoms with Crippen molar-refractivity contribution < 1.29 is 36.2 Å². The molecule has 1 aromatic carbocycles. The van der Waals surface area contributed by atoms with Gasteiger partial charge in [0.15, 0.2) is 23.3 Å². The third-order valence-corrected chi connectivity index (χ3v) is 5.51. The van der Waals surface area contributed by atoms with Crippen molar-refractivity contribution in [2.75, 3.05) is 6.61 Å². The number of epoxide rings is 1. The van der Waals surface area contributed by atoms with Crippen molar-refractivity contribution >= 4 is 5.97 Å². The summed E-state index contributed by atoms with van der Waals surface area (Å²) in [5.74, 6) is -11.3. The fraction of sp³-hybridized carbons (Fsp3) is 0.650. The largest absolute Gasteiger partial charge is 0.447 e. The maximum absolute atomic E-state index is 14.5. The second-order valence-electron chi connectivity index (χ2n) is 8.53. The van der Waals surface area contributed by atoms with Gasteiger partial charge in [-0.2, -0.15) is 0 Å². The van der Waals surface area contributed by atoms with Crippen LogP contribution in [0.3, 0.4) is 0 Å². The van der Waals surface area contributed by atoms with Gasteiger partial charge in [0.2, 0.25) is 11.9 Å². The Balaban J connectivity index is 1.90. The third-order valence-electron chi connectivity index (χ3n) is 5.51. The van der Waals surface area contributed by atoms with E-state index in [-0.39, 0.29) is 30.8 Å². The first-order chi connectivity index (χ1) is 13.0. The van der Waals surface area contributed by atoms with Crippen molar-refractivity contribution in [2.45, 2.75) is 64.1 Å². The normalized spacial score (nSPS) is 25.7.